The Morgan fingerprint density at radius 1 is 1.42 bits per heavy atom. The highest BCUT2D eigenvalue weighted by molar-refractivity contribution is 5.86. The van der Waals surface area contributed by atoms with Gasteiger partial charge in [0, 0.05) is 18.2 Å². The van der Waals surface area contributed by atoms with Crippen LogP contribution in [0.25, 0.3) is 6.08 Å². The van der Waals surface area contributed by atoms with Crippen LogP contribution >= 0.6 is 0 Å². The van der Waals surface area contributed by atoms with Gasteiger partial charge in [-0.3, -0.25) is 4.79 Å². The van der Waals surface area contributed by atoms with Crippen molar-refractivity contribution in [2.45, 2.75) is 19.8 Å². The Balaban J connectivity index is 2.66. The van der Waals surface area contributed by atoms with Crippen molar-refractivity contribution in [3.63, 3.8) is 0 Å². The standard InChI is InChI=1S/C14H17NO4/c1-2-19-14(18)8-4-10-3-5-11(12(15)9-10)6-7-13(16)17/h3,5-7,9H,2,4,8,15H2,1H3,(H,16,17). The predicted octanol–water partition coefficient (Wildman–Crippen LogP) is 1.86. The molecule has 0 aliphatic carbocycles. The Morgan fingerprint density at radius 2 is 2.16 bits per heavy atom. The van der Waals surface area contributed by atoms with Gasteiger partial charge in [0.15, 0.2) is 0 Å². The van der Waals surface area contributed by atoms with Crippen molar-refractivity contribution in [2.24, 2.45) is 0 Å². The van der Waals surface area contributed by atoms with Crippen molar-refractivity contribution in [1.82, 2.24) is 0 Å². The van der Waals surface area contributed by atoms with Crippen molar-refractivity contribution < 1.29 is 19.4 Å². The number of aliphatic carboxylic acids is 1. The Labute approximate surface area is 111 Å². The van der Waals surface area contributed by atoms with Crippen LogP contribution in [-0.4, -0.2) is 23.7 Å². The first-order valence-corrected chi connectivity index (χ1v) is 5.98. The monoisotopic (exact) mass is 263 g/mol. The molecule has 0 atom stereocenters. The van der Waals surface area contributed by atoms with E-state index in [1.54, 1.807) is 19.1 Å². The van der Waals surface area contributed by atoms with E-state index in [9.17, 15) is 9.59 Å². The molecule has 0 amide bonds. The Kier molecular flexibility index (Phi) is 5.60. The van der Waals surface area contributed by atoms with Crippen molar-refractivity contribution in [2.75, 3.05) is 12.3 Å². The number of hydrogen-bond acceptors (Lipinski definition) is 4. The lowest BCUT2D eigenvalue weighted by molar-refractivity contribution is -0.143. The molecule has 0 saturated heterocycles. The molecule has 0 aromatic heterocycles. The average Bonchev–Trinajstić information content (AvgIpc) is 2.35. The van der Waals surface area contributed by atoms with Gasteiger partial charge in [0.1, 0.15) is 0 Å². The molecule has 0 aliphatic rings. The minimum atomic E-state index is -1.02. The normalized spacial score (nSPS) is 10.6. The number of carbonyl (C=O) groups is 2. The molecule has 0 fully saturated rings. The highest BCUT2D eigenvalue weighted by Crippen LogP contribution is 2.17. The van der Waals surface area contributed by atoms with Gasteiger partial charge in [-0.05, 0) is 36.6 Å². The van der Waals surface area contributed by atoms with Crippen LogP contribution in [0.4, 0.5) is 5.69 Å². The van der Waals surface area contributed by atoms with Crippen LogP contribution in [0.3, 0.4) is 0 Å². The molecule has 5 nitrogen and oxygen atoms in total. The van der Waals surface area contributed by atoms with E-state index in [1.807, 2.05) is 6.07 Å². The summed E-state index contributed by atoms with van der Waals surface area (Å²) in [5, 5.41) is 8.54. The highest BCUT2D eigenvalue weighted by Gasteiger charge is 2.04. The first-order chi connectivity index (χ1) is 9.02. The number of nitrogen functional groups attached to an aromatic ring is 1. The van der Waals surface area contributed by atoms with Crippen molar-refractivity contribution >= 4 is 23.7 Å². The van der Waals surface area contributed by atoms with Gasteiger partial charge < -0.3 is 15.6 Å². The van der Waals surface area contributed by atoms with E-state index in [1.165, 1.54) is 6.08 Å². The summed E-state index contributed by atoms with van der Waals surface area (Å²) >= 11 is 0. The predicted molar refractivity (Wildman–Crippen MR) is 72.5 cm³/mol. The van der Waals surface area contributed by atoms with Gasteiger partial charge >= 0.3 is 11.9 Å². The number of carboxylic acid groups (broad SMARTS) is 1. The summed E-state index contributed by atoms with van der Waals surface area (Å²) in [7, 11) is 0. The summed E-state index contributed by atoms with van der Waals surface area (Å²) in [5.41, 5.74) is 7.85. The first kappa shape index (κ1) is 14.8. The zero-order chi connectivity index (χ0) is 14.3. The molecule has 5 heteroatoms. The smallest absolute Gasteiger partial charge is 0.328 e. The van der Waals surface area contributed by atoms with Gasteiger partial charge in [0.25, 0.3) is 0 Å². The van der Waals surface area contributed by atoms with E-state index in [0.29, 0.717) is 30.7 Å². The van der Waals surface area contributed by atoms with E-state index in [2.05, 4.69) is 0 Å². The summed E-state index contributed by atoms with van der Waals surface area (Å²) in [6, 6.07) is 5.28. The fraction of sp³-hybridized carbons (Fsp3) is 0.286. The quantitative estimate of drug-likeness (QED) is 0.464. The number of carboxylic acids is 1. The second-order valence-electron chi connectivity index (χ2n) is 3.94. The zero-order valence-electron chi connectivity index (χ0n) is 10.8. The summed E-state index contributed by atoms with van der Waals surface area (Å²) in [6.45, 7) is 2.14. The van der Waals surface area contributed by atoms with Gasteiger partial charge in [-0.2, -0.15) is 0 Å². The van der Waals surface area contributed by atoms with Crippen LogP contribution < -0.4 is 5.73 Å². The minimum absolute atomic E-state index is 0.240. The molecule has 0 aliphatic heterocycles. The fourth-order valence-corrected chi connectivity index (χ4v) is 1.57. The number of ether oxygens (including phenoxy) is 1. The molecule has 19 heavy (non-hydrogen) atoms. The maximum atomic E-state index is 11.2. The summed E-state index contributed by atoms with van der Waals surface area (Å²) < 4.78 is 4.84. The number of rotatable bonds is 6. The van der Waals surface area contributed by atoms with Crippen LogP contribution in [-0.2, 0) is 20.7 Å². The van der Waals surface area contributed by atoms with E-state index < -0.39 is 5.97 Å². The summed E-state index contributed by atoms with van der Waals surface area (Å²) in [6.07, 6.45) is 3.32. The molecule has 1 aromatic carbocycles. The Morgan fingerprint density at radius 3 is 2.74 bits per heavy atom. The summed E-state index contributed by atoms with van der Waals surface area (Å²) in [5.74, 6) is -1.26. The van der Waals surface area contributed by atoms with Crippen molar-refractivity contribution in [1.29, 1.82) is 0 Å². The largest absolute Gasteiger partial charge is 0.478 e. The highest BCUT2D eigenvalue weighted by atomic mass is 16.5. The third kappa shape index (κ3) is 5.25. The zero-order valence-corrected chi connectivity index (χ0v) is 10.8. The molecule has 0 unspecified atom stereocenters. The third-order valence-electron chi connectivity index (χ3n) is 2.48. The van der Waals surface area contributed by atoms with Gasteiger partial charge in [0.2, 0.25) is 0 Å². The lowest BCUT2D eigenvalue weighted by Crippen LogP contribution is -2.05. The number of carbonyl (C=O) groups excluding carboxylic acids is 1. The van der Waals surface area contributed by atoms with E-state index >= 15 is 0 Å². The molecule has 3 N–H and O–H groups in total. The van der Waals surface area contributed by atoms with Gasteiger partial charge in [-0.25, -0.2) is 4.79 Å². The van der Waals surface area contributed by atoms with Crippen LogP contribution in [0.2, 0.25) is 0 Å². The van der Waals surface area contributed by atoms with Gasteiger partial charge in [0.05, 0.1) is 6.61 Å². The second-order valence-corrected chi connectivity index (χ2v) is 3.94. The van der Waals surface area contributed by atoms with Crippen molar-refractivity contribution in [3.8, 4) is 0 Å². The van der Waals surface area contributed by atoms with E-state index in [0.717, 1.165) is 11.6 Å². The lowest BCUT2D eigenvalue weighted by Gasteiger charge is -2.05. The number of anilines is 1. The number of benzene rings is 1. The maximum Gasteiger partial charge on any atom is 0.328 e. The number of esters is 1. The van der Waals surface area contributed by atoms with Crippen LogP contribution in [0.1, 0.15) is 24.5 Å². The molecule has 0 spiro atoms. The molecule has 0 heterocycles. The molecular formula is C14H17NO4. The molecule has 0 radical (unpaired) electrons. The van der Waals surface area contributed by atoms with Crippen LogP contribution in [0.5, 0.6) is 0 Å². The maximum absolute atomic E-state index is 11.2. The molecule has 102 valence electrons. The number of nitrogens with two attached hydrogens (primary N) is 1. The summed E-state index contributed by atoms with van der Waals surface area (Å²) in [4.78, 5) is 21.6. The minimum Gasteiger partial charge on any atom is -0.478 e. The lowest BCUT2D eigenvalue weighted by atomic mass is 10.0. The fourth-order valence-electron chi connectivity index (χ4n) is 1.57. The van der Waals surface area contributed by atoms with Crippen molar-refractivity contribution in [3.05, 3.63) is 35.4 Å². The molecule has 1 rings (SSSR count). The van der Waals surface area contributed by atoms with Crippen LogP contribution in [0.15, 0.2) is 24.3 Å². The Hall–Kier alpha value is -2.30. The second kappa shape index (κ2) is 7.20. The molecule has 1 aromatic rings. The van der Waals surface area contributed by atoms with Crippen LogP contribution in [0, 0.1) is 0 Å². The van der Waals surface area contributed by atoms with E-state index in [-0.39, 0.29) is 5.97 Å². The first-order valence-electron chi connectivity index (χ1n) is 5.98. The van der Waals surface area contributed by atoms with E-state index in [4.69, 9.17) is 15.6 Å². The number of aryl methyl sites for hydroxylation is 1. The average molecular weight is 263 g/mol. The molecule has 0 bridgehead atoms. The van der Waals surface area contributed by atoms with Gasteiger partial charge in [-0.15, -0.1) is 0 Å². The third-order valence-corrected chi connectivity index (χ3v) is 2.48. The van der Waals surface area contributed by atoms with Gasteiger partial charge in [-0.1, -0.05) is 12.1 Å². The SMILES string of the molecule is CCOC(=O)CCc1ccc(C=CC(=O)O)c(N)c1. The Bertz CT molecular complexity index is 494. The topological polar surface area (TPSA) is 89.6 Å². The molecular weight excluding hydrogens is 246 g/mol. The molecule has 0 saturated carbocycles. The number of hydrogen-bond donors (Lipinski definition) is 2.